The Morgan fingerprint density at radius 2 is 1.76 bits per heavy atom. The van der Waals surface area contributed by atoms with Crippen LogP contribution in [0, 0.1) is 11.2 Å². The fourth-order valence-electron chi connectivity index (χ4n) is 4.75. The maximum absolute atomic E-state index is 13.3. The SMILES string of the molecule is CCOC(=O)C1=C(C)NC2=C(C(=O)CC(C)(C)C2)[C@@H]1c1ccc(OCc2ccc(F)cc2)cc1. The second kappa shape index (κ2) is 9.45. The molecule has 1 heterocycles. The molecule has 0 fully saturated rings. The first kappa shape index (κ1) is 23.7. The summed E-state index contributed by atoms with van der Waals surface area (Å²) in [6, 6.07) is 13.6. The summed E-state index contributed by atoms with van der Waals surface area (Å²) in [6.45, 7) is 8.35. The first-order valence-electron chi connectivity index (χ1n) is 11.6. The fraction of sp³-hybridized carbons (Fsp3) is 0.357. The Hall–Kier alpha value is -3.41. The van der Waals surface area contributed by atoms with E-state index < -0.39 is 11.9 Å². The number of rotatable bonds is 6. The Balaban J connectivity index is 1.65. The van der Waals surface area contributed by atoms with Crippen LogP contribution in [0.25, 0.3) is 0 Å². The number of nitrogens with one attached hydrogen (secondary N) is 1. The molecule has 0 saturated carbocycles. The number of hydrogen-bond acceptors (Lipinski definition) is 5. The van der Waals surface area contributed by atoms with Crippen LogP contribution < -0.4 is 10.1 Å². The summed E-state index contributed by atoms with van der Waals surface area (Å²) >= 11 is 0. The molecule has 5 nitrogen and oxygen atoms in total. The minimum atomic E-state index is -0.495. The number of ether oxygens (including phenoxy) is 2. The highest BCUT2D eigenvalue weighted by atomic mass is 19.1. The quantitative estimate of drug-likeness (QED) is 0.567. The Bertz CT molecular complexity index is 1160. The first-order valence-corrected chi connectivity index (χ1v) is 11.6. The largest absolute Gasteiger partial charge is 0.489 e. The zero-order chi connectivity index (χ0) is 24.5. The van der Waals surface area contributed by atoms with E-state index in [0.717, 1.165) is 23.2 Å². The van der Waals surface area contributed by atoms with Crippen molar-refractivity contribution in [3.05, 3.63) is 88.0 Å². The Morgan fingerprint density at radius 1 is 1.09 bits per heavy atom. The van der Waals surface area contributed by atoms with Crippen LogP contribution in [0.2, 0.25) is 0 Å². The van der Waals surface area contributed by atoms with E-state index in [4.69, 9.17) is 9.47 Å². The van der Waals surface area contributed by atoms with Gasteiger partial charge in [0.15, 0.2) is 5.78 Å². The van der Waals surface area contributed by atoms with Gasteiger partial charge in [-0.2, -0.15) is 0 Å². The van der Waals surface area contributed by atoms with Crippen LogP contribution in [0.4, 0.5) is 4.39 Å². The summed E-state index contributed by atoms with van der Waals surface area (Å²) in [5, 5.41) is 3.33. The molecule has 0 bridgehead atoms. The summed E-state index contributed by atoms with van der Waals surface area (Å²) in [7, 11) is 0. The first-order chi connectivity index (χ1) is 16.2. The molecular weight excluding hydrogens is 433 g/mol. The predicted octanol–water partition coefficient (Wildman–Crippen LogP) is 5.57. The standard InChI is InChI=1S/C28H30FNO4/c1-5-33-27(32)24-17(2)30-22-14-28(3,4)15-23(31)26(22)25(24)19-8-12-21(13-9-19)34-16-18-6-10-20(29)11-7-18/h6-13,25,30H,5,14-16H2,1-4H3/t25-/m1/s1. The van der Waals surface area contributed by atoms with Crippen LogP contribution >= 0.6 is 0 Å². The van der Waals surface area contributed by atoms with Gasteiger partial charge in [-0.25, -0.2) is 9.18 Å². The second-order valence-electron chi connectivity index (χ2n) is 9.63. The van der Waals surface area contributed by atoms with Gasteiger partial charge in [0.2, 0.25) is 0 Å². The van der Waals surface area contributed by atoms with Crippen LogP contribution in [0.5, 0.6) is 5.75 Å². The van der Waals surface area contributed by atoms with E-state index in [1.807, 2.05) is 31.2 Å². The molecule has 0 radical (unpaired) electrons. The Morgan fingerprint density at radius 3 is 2.41 bits per heavy atom. The molecule has 4 rings (SSSR count). The number of Topliss-reactive ketones (excluding diaryl/α,β-unsaturated/α-hetero) is 1. The number of ketones is 1. The highest BCUT2D eigenvalue weighted by Gasteiger charge is 2.43. The molecule has 2 aliphatic rings. The average Bonchev–Trinajstić information content (AvgIpc) is 2.77. The minimum Gasteiger partial charge on any atom is -0.489 e. The van der Waals surface area contributed by atoms with Crippen LogP contribution in [0.15, 0.2) is 71.1 Å². The van der Waals surface area contributed by atoms with Gasteiger partial charge in [0, 0.05) is 29.3 Å². The fourth-order valence-corrected chi connectivity index (χ4v) is 4.75. The number of allylic oxidation sites excluding steroid dienone is 3. The second-order valence-corrected chi connectivity index (χ2v) is 9.63. The lowest BCUT2D eigenvalue weighted by atomic mass is 9.68. The highest BCUT2D eigenvalue weighted by molar-refractivity contribution is 6.04. The van der Waals surface area contributed by atoms with Gasteiger partial charge in [-0.3, -0.25) is 4.79 Å². The van der Waals surface area contributed by atoms with E-state index in [-0.39, 0.29) is 23.6 Å². The monoisotopic (exact) mass is 463 g/mol. The van der Waals surface area contributed by atoms with E-state index >= 15 is 0 Å². The summed E-state index contributed by atoms with van der Waals surface area (Å²) in [4.78, 5) is 26.2. The molecule has 0 spiro atoms. The van der Waals surface area contributed by atoms with Gasteiger partial charge in [-0.15, -0.1) is 0 Å². The van der Waals surface area contributed by atoms with E-state index in [1.165, 1.54) is 12.1 Å². The zero-order valence-electron chi connectivity index (χ0n) is 20.0. The summed E-state index contributed by atoms with van der Waals surface area (Å²) < 4.78 is 24.3. The maximum Gasteiger partial charge on any atom is 0.336 e. The molecule has 0 amide bonds. The molecular formula is C28H30FNO4. The number of dihydropyridines is 1. The van der Waals surface area contributed by atoms with Crippen molar-refractivity contribution < 1.29 is 23.5 Å². The number of halogens is 1. The molecule has 178 valence electrons. The minimum absolute atomic E-state index is 0.0506. The molecule has 1 aliphatic carbocycles. The normalized spacial score (nSPS) is 19.4. The van der Waals surface area contributed by atoms with Crippen molar-refractivity contribution in [2.75, 3.05) is 6.61 Å². The van der Waals surface area contributed by atoms with Crippen molar-refractivity contribution in [1.29, 1.82) is 0 Å². The number of carbonyl (C=O) groups excluding carboxylic acids is 2. The van der Waals surface area contributed by atoms with Gasteiger partial charge in [0.25, 0.3) is 0 Å². The molecule has 1 N–H and O–H groups in total. The number of carbonyl (C=O) groups is 2. The van der Waals surface area contributed by atoms with Crippen LogP contribution in [-0.4, -0.2) is 18.4 Å². The Kier molecular flexibility index (Phi) is 6.60. The van der Waals surface area contributed by atoms with Gasteiger partial charge in [-0.1, -0.05) is 38.1 Å². The van der Waals surface area contributed by atoms with Crippen molar-refractivity contribution in [1.82, 2.24) is 5.32 Å². The van der Waals surface area contributed by atoms with Crippen molar-refractivity contribution in [3.63, 3.8) is 0 Å². The van der Waals surface area contributed by atoms with Crippen molar-refractivity contribution in [2.45, 2.75) is 53.1 Å². The molecule has 6 heteroatoms. The summed E-state index contributed by atoms with van der Waals surface area (Å²) in [6.07, 6.45) is 1.16. The molecule has 0 unspecified atom stereocenters. The van der Waals surface area contributed by atoms with Gasteiger partial charge < -0.3 is 14.8 Å². The Labute approximate surface area is 199 Å². The van der Waals surface area contributed by atoms with Crippen LogP contribution in [0.1, 0.15) is 57.6 Å². The number of esters is 1. The molecule has 1 aliphatic heterocycles. The highest BCUT2D eigenvalue weighted by Crippen LogP contribution is 2.47. The summed E-state index contributed by atoms with van der Waals surface area (Å²) in [5.41, 5.74) is 4.25. The summed E-state index contributed by atoms with van der Waals surface area (Å²) in [5.74, 6) is -0.506. The van der Waals surface area contributed by atoms with Crippen molar-refractivity contribution in [3.8, 4) is 5.75 Å². The van der Waals surface area contributed by atoms with E-state index in [9.17, 15) is 14.0 Å². The maximum atomic E-state index is 13.3. The number of benzene rings is 2. The van der Waals surface area contributed by atoms with Crippen molar-refractivity contribution >= 4 is 11.8 Å². The lowest BCUT2D eigenvalue weighted by molar-refractivity contribution is -0.138. The average molecular weight is 464 g/mol. The predicted molar refractivity (Wildman–Crippen MR) is 127 cm³/mol. The molecule has 2 aromatic rings. The third-order valence-corrected chi connectivity index (χ3v) is 6.27. The van der Waals surface area contributed by atoms with Gasteiger partial charge in [0.1, 0.15) is 18.2 Å². The molecule has 2 aromatic carbocycles. The van der Waals surface area contributed by atoms with Gasteiger partial charge >= 0.3 is 5.97 Å². The smallest absolute Gasteiger partial charge is 0.336 e. The third kappa shape index (κ3) is 4.91. The lowest BCUT2D eigenvalue weighted by Gasteiger charge is -2.39. The van der Waals surface area contributed by atoms with E-state index in [2.05, 4.69) is 19.2 Å². The molecule has 34 heavy (non-hydrogen) atoms. The molecule has 1 atom stereocenters. The van der Waals surface area contributed by atoms with Crippen LogP contribution in [0.3, 0.4) is 0 Å². The number of hydrogen-bond donors (Lipinski definition) is 1. The van der Waals surface area contributed by atoms with Crippen molar-refractivity contribution in [2.24, 2.45) is 5.41 Å². The third-order valence-electron chi connectivity index (χ3n) is 6.27. The van der Waals surface area contributed by atoms with Gasteiger partial charge in [-0.05, 0) is 61.1 Å². The van der Waals surface area contributed by atoms with E-state index in [0.29, 0.717) is 35.6 Å². The van der Waals surface area contributed by atoms with Gasteiger partial charge in [0.05, 0.1) is 12.2 Å². The van der Waals surface area contributed by atoms with Crippen LogP contribution in [-0.2, 0) is 20.9 Å². The molecule has 0 saturated heterocycles. The topological polar surface area (TPSA) is 64.6 Å². The van der Waals surface area contributed by atoms with E-state index in [1.54, 1.807) is 19.1 Å². The molecule has 0 aromatic heterocycles. The lowest BCUT2D eigenvalue weighted by Crippen LogP contribution is -2.38. The zero-order valence-corrected chi connectivity index (χ0v) is 20.0.